The van der Waals surface area contributed by atoms with Gasteiger partial charge in [0, 0.05) is 5.92 Å². The fraction of sp³-hybridized carbons (Fsp3) is 0.263. The predicted octanol–water partition coefficient (Wildman–Crippen LogP) is 2.70. The highest BCUT2D eigenvalue weighted by molar-refractivity contribution is 7.92. The van der Waals surface area contributed by atoms with Gasteiger partial charge in [-0.25, -0.2) is 8.42 Å². The van der Waals surface area contributed by atoms with E-state index in [2.05, 4.69) is 0 Å². The van der Waals surface area contributed by atoms with Crippen LogP contribution in [-0.4, -0.2) is 20.5 Å². The minimum Gasteiger partial charge on any atom is -0.454 e. The highest BCUT2D eigenvalue weighted by Crippen LogP contribution is 2.64. The third-order valence-electron chi connectivity index (χ3n) is 4.94. The molecule has 0 N–H and O–H groups in total. The van der Waals surface area contributed by atoms with E-state index >= 15 is 0 Å². The number of sulfone groups is 1. The molecule has 7 heteroatoms. The average molecular weight is 366 g/mol. The largest absolute Gasteiger partial charge is 0.454 e. The van der Waals surface area contributed by atoms with Crippen LogP contribution in [0.3, 0.4) is 0 Å². The Bertz CT molecular complexity index is 1060. The number of hydrogen-bond acceptors (Lipinski definition) is 6. The van der Waals surface area contributed by atoms with Gasteiger partial charge in [-0.15, -0.1) is 0 Å². The number of ether oxygens (including phenoxy) is 2. The van der Waals surface area contributed by atoms with Gasteiger partial charge in [-0.1, -0.05) is 23.8 Å². The highest BCUT2D eigenvalue weighted by Gasteiger charge is 2.73. The monoisotopic (exact) mass is 366 g/mol. The number of benzene rings is 2. The van der Waals surface area contributed by atoms with E-state index in [1.807, 2.05) is 19.1 Å². The van der Waals surface area contributed by atoms with Crippen LogP contribution in [0, 0.1) is 35.0 Å². The zero-order valence-corrected chi connectivity index (χ0v) is 14.7. The molecule has 6 nitrogen and oxygen atoms in total. The average Bonchev–Trinajstić information content (AvgIpc) is 3.12. The van der Waals surface area contributed by atoms with E-state index in [0.717, 1.165) is 5.56 Å². The van der Waals surface area contributed by atoms with E-state index in [1.54, 1.807) is 30.3 Å². The Hall–Kier alpha value is -3.03. The van der Waals surface area contributed by atoms with Gasteiger partial charge >= 0.3 is 0 Å². The maximum atomic E-state index is 13.1. The zero-order chi connectivity index (χ0) is 18.5. The lowest BCUT2D eigenvalue weighted by Gasteiger charge is -2.05. The van der Waals surface area contributed by atoms with Crippen molar-refractivity contribution in [3.63, 3.8) is 0 Å². The standard InChI is InChI=1S/C19H14N2O4S/c1-12-2-5-14(6-3-12)26(22,23)18-17(19(18,9-20)10-21)13-4-7-15-16(8-13)25-11-24-15/h2-8,17-18H,11H2,1H3/t17-,18+/m0/s1. The Labute approximate surface area is 151 Å². The van der Waals surface area contributed by atoms with Gasteiger partial charge in [-0.3, -0.25) is 0 Å². The van der Waals surface area contributed by atoms with Crippen molar-refractivity contribution >= 4 is 9.84 Å². The number of nitriles is 2. The maximum absolute atomic E-state index is 13.1. The molecule has 1 aliphatic heterocycles. The molecule has 2 aromatic carbocycles. The van der Waals surface area contributed by atoms with Crippen molar-refractivity contribution in [2.75, 3.05) is 6.79 Å². The van der Waals surface area contributed by atoms with Crippen LogP contribution in [0.2, 0.25) is 0 Å². The summed E-state index contributed by atoms with van der Waals surface area (Å²) in [7, 11) is -3.84. The second-order valence-electron chi connectivity index (χ2n) is 6.46. The molecule has 2 aromatic rings. The molecule has 0 spiro atoms. The molecule has 1 aliphatic carbocycles. The minimum atomic E-state index is -3.84. The van der Waals surface area contributed by atoms with Crippen molar-refractivity contribution < 1.29 is 17.9 Å². The SMILES string of the molecule is Cc1ccc(S(=O)(=O)[C@@H]2[C@H](c3ccc4c(c3)OCO4)C2(C#N)C#N)cc1. The number of fused-ring (bicyclic) bond motifs is 1. The number of aryl methyl sites for hydroxylation is 1. The summed E-state index contributed by atoms with van der Waals surface area (Å²) in [5, 5.41) is 18.1. The molecule has 4 rings (SSSR count). The van der Waals surface area contributed by atoms with Gasteiger partial charge in [-0.05, 0) is 36.8 Å². The molecule has 0 aromatic heterocycles. The van der Waals surface area contributed by atoms with E-state index in [-0.39, 0.29) is 11.7 Å². The molecule has 0 radical (unpaired) electrons. The smallest absolute Gasteiger partial charge is 0.231 e. The molecule has 130 valence electrons. The van der Waals surface area contributed by atoms with Crippen LogP contribution in [0.5, 0.6) is 11.5 Å². The quantitative estimate of drug-likeness (QED) is 0.828. The molecular formula is C19H14N2O4S. The van der Waals surface area contributed by atoms with Gasteiger partial charge in [0.05, 0.1) is 17.0 Å². The van der Waals surface area contributed by atoms with Gasteiger partial charge in [0.1, 0.15) is 5.25 Å². The van der Waals surface area contributed by atoms with Crippen LogP contribution in [0.1, 0.15) is 17.0 Å². The fourth-order valence-corrected chi connectivity index (χ4v) is 5.69. The van der Waals surface area contributed by atoms with Crippen LogP contribution in [0.15, 0.2) is 47.4 Å². The summed E-state index contributed by atoms with van der Waals surface area (Å²) in [6.45, 7) is 1.95. The van der Waals surface area contributed by atoms with Crippen molar-refractivity contribution in [1.82, 2.24) is 0 Å². The first-order valence-corrected chi connectivity index (χ1v) is 9.51. The molecule has 0 unspecified atom stereocenters. The second-order valence-corrected chi connectivity index (χ2v) is 8.53. The molecule has 26 heavy (non-hydrogen) atoms. The maximum Gasteiger partial charge on any atom is 0.231 e. The lowest BCUT2D eigenvalue weighted by Crippen LogP contribution is -2.14. The van der Waals surface area contributed by atoms with Gasteiger partial charge in [0.2, 0.25) is 6.79 Å². The van der Waals surface area contributed by atoms with E-state index in [4.69, 9.17) is 9.47 Å². The van der Waals surface area contributed by atoms with Gasteiger partial charge in [-0.2, -0.15) is 10.5 Å². The number of nitrogens with zero attached hydrogens (tertiary/aromatic N) is 2. The van der Waals surface area contributed by atoms with Crippen LogP contribution in [-0.2, 0) is 9.84 Å². The van der Waals surface area contributed by atoms with Crippen LogP contribution in [0.25, 0.3) is 0 Å². The Balaban J connectivity index is 1.79. The summed E-state index contributed by atoms with van der Waals surface area (Å²) >= 11 is 0. The van der Waals surface area contributed by atoms with Gasteiger partial charge in [0.25, 0.3) is 0 Å². The molecule has 1 saturated carbocycles. The summed E-state index contributed by atoms with van der Waals surface area (Å²) < 4.78 is 36.8. The van der Waals surface area contributed by atoms with Crippen molar-refractivity contribution in [3.05, 3.63) is 53.6 Å². The second kappa shape index (κ2) is 5.48. The summed E-state index contributed by atoms with van der Waals surface area (Å²) in [5.41, 5.74) is -0.103. The Morgan fingerprint density at radius 2 is 1.69 bits per heavy atom. The number of hydrogen-bond donors (Lipinski definition) is 0. The van der Waals surface area contributed by atoms with E-state index in [0.29, 0.717) is 17.1 Å². The predicted molar refractivity (Wildman–Crippen MR) is 91.1 cm³/mol. The topological polar surface area (TPSA) is 100 Å². The summed E-state index contributed by atoms with van der Waals surface area (Å²) in [4.78, 5) is 0.117. The molecular weight excluding hydrogens is 352 g/mol. The zero-order valence-electron chi connectivity index (χ0n) is 13.8. The van der Waals surface area contributed by atoms with Crippen molar-refractivity contribution in [1.29, 1.82) is 10.5 Å². The minimum absolute atomic E-state index is 0.0934. The molecule has 0 amide bonds. The van der Waals surface area contributed by atoms with E-state index in [1.165, 1.54) is 12.1 Å². The van der Waals surface area contributed by atoms with Gasteiger partial charge < -0.3 is 9.47 Å². The third-order valence-corrected chi connectivity index (χ3v) is 7.18. The highest BCUT2D eigenvalue weighted by atomic mass is 32.2. The third kappa shape index (κ3) is 2.18. The Kier molecular flexibility index (Phi) is 3.47. The van der Waals surface area contributed by atoms with Crippen molar-refractivity contribution in [3.8, 4) is 23.6 Å². The molecule has 0 saturated heterocycles. The Morgan fingerprint density at radius 1 is 1.04 bits per heavy atom. The molecule has 1 heterocycles. The normalized spacial score (nSPS) is 22.3. The Morgan fingerprint density at radius 3 is 2.35 bits per heavy atom. The first kappa shape index (κ1) is 16.4. The molecule has 0 bridgehead atoms. The summed E-state index contributed by atoms with van der Waals surface area (Å²) in [6, 6.07) is 15.3. The van der Waals surface area contributed by atoms with E-state index < -0.39 is 26.4 Å². The van der Waals surface area contributed by atoms with Crippen molar-refractivity contribution in [2.45, 2.75) is 23.0 Å². The summed E-state index contributed by atoms with van der Waals surface area (Å²) in [6.07, 6.45) is 0. The van der Waals surface area contributed by atoms with Crippen LogP contribution >= 0.6 is 0 Å². The van der Waals surface area contributed by atoms with E-state index in [9.17, 15) is 18.9 Å². The first-order valence-electron chi connectivity index (χ1n) is 7.96. The molecule has 1 fully saturated rings. The van der Waals surface area contributed by atoms with Crippen molar-refractivity contribution in [2.24, 2.45) is 5.41 Å². The fourth-order valence-electron chi connectivity index (χ4n) is 3.49. The first-order chi connectivity index (χ1) is 12.4. The lowest BCUT2D eigenvalue weighted by molar-refractivity contribution is 0.174. The number of rotatable bonds is 3. The van der Waals surface area contributed by atoms with Crippen LogP contribution in [0.4, 0.5) is 0 Å². The van der Waals surface area contributed by atoms with Gasteiger partial charge in [0.15, 0.2) is 26.8 Å². The molecule has 2 atom stereocenters. The van der Waals surface area contributed by atoms with Crippen LogP contribution < -0.4 is 9.47 Å². The summed E-state index contributed by atoms with van der Waals surface area (Å²) in [5.74, 6) is 0.316. The lowest BCUT2D eigenvalue weighted by atomic mass is 10.0. The molecule has 2 aliphatic rings.